The fourth-order valence-electron chi connectivity index (χ4n) is 4.61. The smallest absolute Gasteiger partial charge is 0.124 e. The fourth-order valence-corrected chi connectivity index (χ4v) is 4.61. The standard InChI is InChI=1S/C27H37N3O/c1-21(2)23-14-13-22(3)19-26(23)31-18-10-9-17-30-25-12-6-5-11-24(25)28-27(30)20-29-15-7-4-8-16-29/h5-6,11-14,19,21H,4,7-10,15-18,20H2,1-3H3. The number of likely N-dealkylation sites (tertiary alicyclic amines) is 1. The average molecular weight is 420 g/mol. The van der Waals surface area contributed by atoms with Gasteiger partial charge in [-0.1, -0.05) is 44.5 Å². The molecule has 0 aliphatic carbocycles. The maximum Gasteiger partial charge on any atom is 0.124 e. The lowest BCUT2D eigenvalue weighted by atomic mass is 10.0. The minimum absolute atomic E-state index is 0.477. The Hall–Kier alpha value is -2.33. The van der Waals surface area contributed by atoms with Crippen LogP contribution in [0.15, 0.2) is 42.5 Å². The van der Waals surface area contributed by atoms with Crippen LogP contribution in [-0.4, -0.2) is 34.1 Å². The van der Waals surface area contributed by atoms with Gasteiger partial charge in [0.05, 0.1) is 24.2 Å². The lowest BCUT2D eigenvalue weighted by Crippen LogP contribution is -2.30. The highest BCUT2D eigenvalue weighted by Gasteiger charge is 2.16. The normalized spacial score (nSPS) is 15.1. The van der Waals surface area contributed by atoms with Gasteiger partial charge in [-0.2, -0.15) is 0 Å². The van der Waals surface area contributed by atoms with Crippen LogP contribution in [0, 0.1) is 6.92 Å². The quantitative estimate of drug-likeness (QED) is 0.381. The van der Waals surface area contributed by atoms with Crippen LogP contribution in [0.5, 0.6) is 5.75 Å². The highest BCUT2D eigenvalue weighted by atomic mass is 16.5. The molecule has 0 radical (unpaired) electrons. The Labute approximate surface area is 187 Å². The van der Waals surface area contributed by atoms with Crippen molar-refractivity contribution in [3.05, 3.63) is 59.4 Å². The molecule has 3 aromatic rings. The second-order valence-electron chi connectivity index (χ2n) is 9.26. The van der Waals surface area contributed by atoms with Gasteiger partial charge in [-0.3, -0.25) is 4.90 Å². The number of fused-ring (bicyclic) bond motifs is 1. The zero-order chi connectivity index (χ0) is 21.6. The van der Waals surface area contributed by atoms with Crippen LogP contribution in [0.3, 0.4) is 0 Å². The lowest BCUT2D eigenvalue weighted by molar-refractivity contribution is 0.213. The van der Waals surface area contributed by atoms with E-state index in [9.17, 15) is 0 Å². The third kappa shape index (κ3) is 5.48. The summed E-state index contributed by atoms with van der Waals surface area (Å²) in [5.41, 5.74) is 4.94. The largest absolute Gasteiger partial charge is 0.493 e. The Morgan fingerprint density at radius 2 is 1.81 bits per heavy atom. The summed E-state index contributed by atoms with van der Waals surface area (Å²) < 4.78 is 8.65. The van der Waals surface area contributed by atoms with E-state index in [4.69, 9.17) is 9.72 Å². The molecule has 0 N–H and O–H groups in total. The Morgan fingerprint density at radius 1 is 1.00 bits per heavy atom. The molecule has 4 nitrogen and oxygen atoms in total. The van der Waals surface area contributed by atoms with Gasteiger partial charge in [0, 0.05) is 6.54 Å². The molecule has 0 amide bonds. The Balaban J connectivity index is 1.38. The molecule has 0 spiro atoms. The average Bonchev–Trinajstić information content (AvgIpc) is 3.11. The molecule has 1 fully saturated rings. The molecule has 1 saturated heterocycles. The van der Waals surface area contributed by atoms with E-state index in [1.54, 1.807) is 0 Å². The van der Waals surface area contributed by atoms with Gasteiger partial charge in [-0.05, 0) is 80.9 Å². The monoisotopic (exact) mass is 419 g/mol. The molecule has 0 unspecified atom stereocenters. The SMILES string of the molecule is Cc1ccc(C(C)C)c(OCCCCn2c(CN3CCCCC3)nc3ccccc32)c1. The van der Waals surface area contributed by atoms with Gasteiger partial charge < -0.3 is 9.30 Å². The van der Waals surface area contributed by atoms with Crippen molar-refractivity contribution < 1.29 is 4.74 Å². The number of ether oxygens (including phenoxy) is 1. The third-order valence-corrected chi connectivity index (χ3v) is 6.37. The molecule has 4 rings (SSSR count). The zero-order valence-corrected chi connectivity index (χ0v) is 19.4. The number of aromatic nitrogens is 2. The first-order valence-electron chi connectivity index (χ1n) is 12.0. The van der Waals surface area contributed by atoms with Gasteiger partial charge in [0.25, 0.3) is 0 Å². The highest BCUT2D eigenvalue weighted by Crippen LogP contribution is 2.28. The summed E-state index contributed by atoms with van der Waals surface area (Å²) >= 11 is 0. The van der Waals surface area contributed by atoms with Gasteiger partial charge in [0.1, 0.15) is 11.6 Å². The minimum atomic E-state index is 0.477. The predicted octanol–water partition coefficient (Wildman–Crippen LogP) is 6.31. The maximum atomic E-state index is 6.20. The van der Waals surface area contributed by atoms with Crippen molar-refractivity contribution in [3.63, 3.8) is 0 Å². The van der Waals surface area contributed by atoms with Gasteiger partial charge in [0.2, 0.25) is 0 Å². The number of rotatable bonds is 9. The lowest BCUT2D eigenvalue weighted by Gasteiger charge is -2.26. The molecule has 0 saturated carbocycles. The molecule has 1 aliphatic heterocycles. The van der Waals surface area contributed by atoms with Crippen LogP contribution < -0.4 is 4.74 Å². The topological polar surface area (TPSA) is 30.3 Å². The van der Waals surface area contributed by atoms with Crippen molar-refractivity contribution in [2.45, 2.75) is 71.9 Å². The molecule has 0 bridgehead atoms. The number of hydrogen-bond donors (Lipinski definition) is 0. The van der Waals surface area contributed by atoms with Gasteiger partial charge in [-0.15, -0.1) is 0 Å². The van der Waals surface area contributed by atoms with Crippen molar-refractivity contribution in [2.24, 2.45) is 0 Å². The van der Waals surface area contributed by atoms with Crippen LogP contribution in [0.1, 0.15) is 68.8 Å². The first-order valence-corrected chi connectivity index (χ1v) is 12.0. The Kier molecular flexibility index (Phi) is 7.29. The first-order chi connectivity index (χ1) is 15.1. The number of hydrogen-bond acceptors (Lipinski definition) is 3. The van der Waals surface area contributed by atoms with Crippen molar-refractivity contribution in [3.8, 4) is 5.75 Å². The maximum absolute atomic E-state index is 6.20. The summed E-state index contributed by atoms with van der Waals surface area (Å²) in [5, 5.41) is 0. The molecule has 0 atom stereocenters. The van der Waals surface area contributed by atoms with Crippen LogP contribution in [0.2, 0.25) is 0 Å². The van der Waals surface area contributed by atoms with E-state index in [1.807, 2.05) is 0 Å². The number of para-hydroxylation sites is 2. The second-order valence-corrected chi connectivity index (χ2v) is 9.26. The zero-order valence-electron chi connectivity index (χ0n) is 19.4. The summed E-state index contributed by atoms with van der Waals surface area (Å²) in [6.45, 7) is 11.7. The van der Waals surface area contributed by atoms with Crippen molar-refractivity contribution >= 4 is 11.0 Å². The van der Waals surface area contributed by atoms with E-state index in [0.717, 1.165) is 43.8 Å². The summed E-state index contributed by atoms with van der Waals surface area (Å²) in [6.07, 6.45) is 6.13. The second kappa shape index (κ2) is 10.3. The van der Waals surface area contributed by atoms with Crippen molar-refractivity contribution in [2.75, 3.05) is 19.7 Å². The van der Waals surface area contributed by atoms with Crippen LogP contribution in [0.25, 0.3) is 11.0 Å². The minimum Gasteiger partial charge on any atom is -0.493 e. The van der Waals surface area contributed by atoms with E-state index in [1.165, 1.54) is 54.8 Å². The predicted molar refractivity (Wildman–Crippen MR) is 129 cm³/mol. The molecule has 1 aliphatic rings. The van der Waals surface area contributed by atoms with Gasteiger partial charge in [0.15, 0.2) is 0 Å². The number of aryl methyl sites for hydroxylation is 2. The number of nitrogens with zero attached hydrogens (tertiary/aromatic N) is 3. The summed E-state index contributed by atoms with van der Waals surface area (Å²) in [6, 6.07) is 15.1. The molecule has 166 valence electrons. The number of benzene rings is 2. The molecule has 31 heavy (non-hydrogen) atoms. The van der Waals surface area contributed by atoms with Crippen molar-refractivity contribution in [1.29, 1.82) is 0 Å². The highest BCUT2D eigenvalue weighted by molar-refractivity contribution is 5.75. The molecule has 4 heteroatoms. The Bertz CT molecular complexity index is 985. The number of unbranched alkanes of at least 4 members (excludes halogenated alkanes) is 1. The van der Waals surface area contributed by atoms with E-state index in [-0.39, 0.29) is 0 Å². The first kappa shape index (κ1) is 21.9. The van der Waals surface area contributed by atoms with E-state index < -0.39 is 0 Å². The molecule has 2 heterocycles. The Morgan fingerprint density at radius 3 is 2.61 bits per heavy atom. The van der Waals surface area contributed by atoms with Crippen LogP contribution in [-0.2, 0) is 13.1 Å². The van der Waals surface area contributed by atoms with Crippen LogP contribution >= 0.6 is 0 Å². The molecular weight excluding hydrogens is 382 g/mol. The summed E-state index contributed by atoms with van der Waals surface area (Å²) in [4.78, 5) is 7.55. The molecular formula is C27H37N3O. The summed E-state index contributed by atoms with van der Waals surface area (Å²) in [7, 11) is 0. The van der Waals surface area contributed by atoms with Gasteiger partial charge in [-0.25, -0.2) is 4.98 Å². The molecule has 1 aromatic heterocycles. The number of piperidine rings is 1. The van der Waals surface area contributed by atoms with E-state index in [0.29, 0.717) is 5.92 Å². The van der Waals surface area contributed by atoms with Crippen molar-refractivity contribution in [1.82, 2.24) is 14.5 Å². The van der Waals surface area contributed by atoms with Gasteiger partial charge >= 0.3 is 0 Å². The summed E-state index contributed by atoms with van der Waals surface area (Å²) in [5.74, 6) is 2.74. The van der Waals surface area contributed by atoms with E-state index >= 15 is 0 Å². The third-order valence-electron chi connectivity index (χ3n) is 6.37. The van der Waals surface area contributed by atoms with Crippen LogP contribution in [0.4, 0.5) is 0 Å². The molecule has 2 aromatic carbocycles. The fraction of sp³-hybridized carbons (Fsp3) is 0.519. The van der Waals surface area contributed by atoms with E-state index in [2.05, 4.69) is 72.7 Å². The number of imidazole rings is 1.